The summed E-state index contributed by atoms with van der Waals surface area (Å²) >= 11 is 5.66. The SMILES string of the molecule is NC(C1=CCCCO1)c1ccc(Cl)o1. The fourth-order valence-electron chi connectivity index (χ4n) is 1.43. The highest BCUT2D eigenvalue weighted by Crippen LogP contribution is 2.26. The molecule has 0 fully saturated rings. The molecule has 76 valence electrons. The third kappa shape index (κ3) is 1.94. The van der Waals surface area contributed by atoms with E-state index in [0.717, 1.165) is 25.2 Å². The topological polar surface area (TPSA) is 48.4 Å². The normalized spacial score (nSPS) is 18.6. The van der Waals surface area contributed by atoms with Gasteiger partial charge in [0.25, 0.3) is 0 Å². The van der Waals surface area contributed by atoms with Gasteiger partial charge in [-0.3, -0.25) is 0 Å². The predicted octanol–water partition coefficient (Wildman–Crippen LogP) is 2.63. The molecule has 14 heavy (non-hydrogen) atoms. The van der Waals surface area contributed by atoms with Crippen molar-refractivity contribution in [1.29, 1.82) is 0 Å². The summed E-state index contributed by atoms with van der Waals surface area (Å²) in [5.74, 6) is 1.42. The lowest BCUT2D eigenvalue weighted by Crippen LogP contribution is -2.17. The second-order valence-corrected chi connectivity index (χ2v) is 3.59. The van der Waals surface area contributed by atoms with Gasteiger partial charge in [0.05, 0.1) is 6.61 Å². The molecule has 0 amide bonds. The maximum atomic E-state index is 5.94. The van der Waals surface area contributed by atoms with E-state index < -0.39 is 0 Å². The molecule has 1 aromatic heterocycles. The molecule has 0 spiro atoms. The molecule has 1 unspecified atom stereocenters. The summed E-state index contributed by atoms with van der Waals surface area (Å²) in [5.41, 5.74) is 5.94. The van der Waals surface area contributed by atoms with Gasteiger partial charge in [0.15, 0.2) is 5.22 Å². The quantitative estimate of drug-likeness (QED) is 0.822. The first-order valence-electron chi connectivity index (χ1n) is 4.61. The molecule has 1 aliphatic heterocycles. The van der Waals surface area contributed by atoms with Crippen LogP contribution in [0.3, 0.4) is 0 Å². The largest absolute Gasteiger partial charge is 0.496 e. The van der Waals surface area contributed by atoms with Crippen LogP contribution in [0.15, 0.2) is 28.4 Å². The first-order valence-corrected chi connectivity index (χ1v) is 4.99. The smallest absolute Gasteiger partial charge is 0.193 e. The maximum Gasteiger partial charge on any atom is 0.193 e. The second-order valence-electron chi connectivity index (χ2n) is 3.22. The van der Waals surface area contributed by atoms with E-state index >= 15 is 0 Å². The number of ether oxygens (including phenoxy) is 1. The molecule has 4 heteroatoms. The lowest BCUT2D eigenvalue weighted by atomic mass is 10.1. The van der Waals surface area contributed by atoms with Gasteiger partial charge in [-0.2, -0.15) is 0 Å². The van der Waals surface area contributed by atoms with Gasteiger partial charge in [0, 0.05) is 0 Å². The van der Waals surface area contributed by atoms with E-state index in [2.05, 4.69) is 0 Å². The molecular weight excluding hydrogens is 202 g/mol. The third-order valence-electron chi connectivity index (χ3n) is 2.17. The standard InChI is InChI=1S/C10H12ClNO2/c11-9-5-4-8(14-9)10(12)7-3-1-2-6-13-7/h3-5,10H,1-2,6,12H2. The van der Waals surface area contributed by atoms with Gasteiger partial charge in [0.2, 0.25) is 0 Å². The van der Waals surface area contributed by atoms with Crippen LogP contribution in [0.25, 0.3) is 0 Å². The van der Waals surface area contributed by atoms with Crippen molar-refractivity contribution in [3.8, 4) is 0 Å². The minimum absolute atomic E-state index is 0.331. The summed E-state index contributed by atoms with van der Waals surface area (Å²) < 4.78 is 10.7. The molecular formula is C10H12ClNO2. The van der Waals surface area contributed by atoms with Crippen LogP contribution >= 0.6 is 11.6 Å². The molecule has 0 aromatic carbocycles. The van der Waals surface area contributed by atoms with Gasteiger partial charge in [-0.15, -0.1) is 0 Å². The molecule has 0 radical (unpaired) electrons. The minimum Gasteiger partial charge on any atom is -0.496 e. The lowest BCUT2D eigenvalue weighted by Gasteiger charge is -2.18. The van der Waals surface area contributed by atoms with Gasteiger partial charge in [-0.1, -0.05) is 0 Å². The summed E-state index contributed by atoms with van der Waals surface area (Å²) in [6, 6.07) is 3.12. The Hall–Kier alpha value is -0.930. The zero-order chi connectivity index (χ0) is 9.97. The average Bonchev–Trinajstić information content (AvgIpc) is 2.65. The van der Waals surface area contributed by atoms with E-state index in [1.54, 1.807) is 12.1 Å². The number of nitrogens with two attached hydrogens (primary N) is 1. The first-order chi connectivity index (χ1) is 6.77. The molecule has 1 aromatic rings. The number of halogens is 1. The van der Waals surface area contributed by atoms with Gasteiger partial charge in [-0.25, -0.2) is 0 Å². The van der Waals surface area contributed by atoms with E-state index in [9.17, 15) is 0 Å². The Bertz CT molecular complexity index is 346. The highest BCUT2D eigenvalue weighted by atomic mass is 35.5. The highest BCUT2D eigenvalue weighted by Gasteiger charge is 2.18. The van der Waals surface area contributed by atoms with E-state index in [1.807, 2.05) is 6.08 Å². The van der Waals surface area contributed by atoms with E-state index in [4.69, 9.17) is 26.5 Å². The van der Waals surface area contributed by atoms with Crippen LogP contribution in [0.5, 0.6) is 0 Å². The zero-order valence-electron chi connectivity index (χ0n) is 7.70. The van der Waals surface area contributed by atoms with Crippen molar-refractivity contribution in [1.82, 2.24) is 0 Å². The molecule has 1 atom stereocenters. The van der Waals surface area contributed by atoms with Crippen molar-refractivity contribution in [2.75, 3.05) is 6.61 Å². The molecule has 2 rings (SSSR count). The van der Waals surface area contributed by atoms with Crippen LogP contribution in [-0.2, 0) is 4.74 Å². The van der Waals surface area contributed by atoms with Crippen molar-refractivity contribution in [3.05, 3.63) is 34.9 Å². The van der Waals surface area contributed by atoms with E-state index in [0.29, 0.717) is 11.0 Å². The van der Waals surface area contributed by atoms with Crippen molar-refractivity contribution in [2.24, 2.45) is 5.73 Å². The predicted molar refractivity (Wildman–Crippen MR) is 53.9 cm³/mol. The lowest BCUT2D eigenvalue weighted by molar-refractivity contribution is 0.171. The van der Waals surface area contributed by atoms with Crippen LogP contribution in [0.2, 0.25) is 5.22 Å². The summed E-state index contributed by atoms with van der Waals surface area (Å²) in [4.78, 5) is 0. The molecule has 0 bridgehead atoms. The van der Waals surface area contributed by atoms with E-state index in [1.165, 1.54) is 0 Å². The molecule has 3 nitrogen and oxygen atoms in total. The fourth-order valence-corrected chi connectivity index (χ4v) is 1.58. The first kappa shape index (κ1) is 9.62. The Balaban J connectivity index is 2.14. The summed E-state index contributed by atoms with van der Waals surface area (Å²) in [6.45, 7) is 0.730. The van der Waals surface area contributed by atoms with Crippen LogP contribution in [-0.4, -0.2) is 6.61 Å². The van der Waals surface area contributed by atoms with Crippen LogP contribution in [0.4, 0.5) is 0 Å². The third-order valence-corrected chi connectivity index (χ3v) is 2.37. The summed E-state index contributed by atoms with van der Waals surface area (Å²) in [5, 5.41) is 0.354. The van der Waals surface area contributed by atoms with Crippen molar-refractivity contribution >= 4 is 11.6 Å². The monoisotopic (exact) mass is 213 g/mol. The highest BCUT2D eigenvalue weighted by molar-refractivity contribution is 6.28. The molecule has 1 aliphatic rings. The second kappa shape index (κ2) is 4.07. The van der Waals surface area contributed by atoms with Crippen molar-refractivity contribution in [3.63, 3.8) is 0 Å². The van der Waals surface area contributed by atoms with Crippen LogP contribution in [0.1, 0.15) is 24.6 Å². The van der Waals surface area contributed by atoms with Crippen LogP contribution in [0, 0.1) is 0 Å². The summed E-state index contributed by atoms with van der Waals surface area (Å²) in [6.07, 6.45) is 4.07. The van der Waals surface area contributed by atoms with Gasteiger partial charge in [0.1, 0.15) is 17.6 Å². The van der Waals surface area contributed by atoms with Gasteiger partial charge >= 0.3 is 0 Å². The molecule has 0 saturated heterocycles. The minimum atomic E-state index is -0.331. The number of hydrogen-bond acceptors (Lipinski definition) is 3. The van der Waals surface area contributed by atoms with Crippen LogP contribution < -0.4 is 5.73 Å². The molecule has 2 N–H and O–H groups in total. The van der Waals surface area contributed by atoms with Crippen molar-refractivity contribution < 1.29 is 9.15 Å². The zero-order valence-corrected chi connectivity index (χ0v) is 8.46. The summed E-state index contributed by atoms with van der Waals surface area (Å²) in [7, 11) is 0. The Morgan fingerprint density at radius 3 is 2.86 bits per heavy atom. The Morgan fingerprint density at radius 1 is 1.43 bits per heavy atom. The Kier molecular flexibility index (Phi) is 2.79. The van der Waals surface area contributed by atoms with Crippen molar-refractivity contribution in [2.45, 2.75) is 18.9 Å². The Labute approximate surface area is 87.5 Å². The van der Waals surface area contributed by atoms with E-state index in [-0.39, 0.29) is 6.04 Å². The maximum absolute atomic E-state index is 5.94. The average molecular weight is 214 g/mol. The number of furan rings is 1. The number of rotatable bonds is 2. The van der Waals surface area contributed by atoms with Gasteiger partial charge < -0.3 is 14.9 Å². The molecule has 0 saturated carbocycles. The molecule has 2 heterocycles. The fraction of sp³-hybridized carbons (Fsp3) is 0.400. The van der Waals surface area contributed by atoms with Gasteiger partial charge in [-0.05, 0) is 42.7 Å². The molecule has 0 aliphatic carbocycles. The number of allylic oxidation sites excluding steroid dienone is 1. The Morgan fingerprint density at radius 2 is 2.29 bits per heavy atom. The number of hydrogen-bond donors (Lipinski definition) is 1.